The average molecular weight is 196 g/mol. The predicted octanol–water partition coefficient (Wildman–Crippen LogP) is 2.16. The minimum absolute atomic E-state index is 0.529. The molecule has 0 bridgehead atoms. The summed E-state index contributed by atoms with van der Waals surface area (Å²) in [7, 11) is 4.93. The molecule has 0 aliphatic heterocycles. The molecule has 3 heteroatoms. The van der Waals surface area contributed by atoms with Gasteiger partial charge in [-0.05, 0) is 24.6 Å². The van der Waals surface area contributed by atoms with Crippen LogP contribution in [0.2, 0.25) is 0 Å². The molecule has 0 unspecified atom stereocenters. The summed E-state index contributed by atoms with van der Waals surface area (Å²) in [6.45, 7) is 2.54. The van der Waals surface area contributed by atoms with Gasteiger partial charge in [0.15, 0.2) is 11.5 Å². The van der Waals surface area contributed by atoms with E-state index in [1.807, 2.05) is 19.1 Å². The average Bonchev–Trinajstić information content (AvgIpc) is 2.17. The van der Waals surface area contributed by atoms with E-state index in [1.165, 1.54) is 0 Å². The molecule has 0 saturated carbocycles. The van der Waals surface area contributed by atoms with Crippen LogP contribution in [-0.2, 0) is 11.3 Å². The Morgan fingerprint density at radius 3 is 2.29 bits per heavy atom. The van der Waals surface area contributed by atoms with Crippen molar-refractivity contribution in [1.29, 1.82) is 0 Å². The van der Waals surface area contributed by atoms with Crippen LogP contribution in [0.4, 0.5) is 0 Å². The van der Waals surface area contributed by atoms with E-state index in [0.717, 1.165) is 22.6 Å². The lowest BCUT2D eigenvalue weighted by Gasteiger charge is -2.13. The summed E-state index contributed by atoms with van der Waals surface area (Å²) in [5.74, 6) is 1.50. The Morgan fingerprint density at radius 1 is 1.07 bits per heavy atom. The Labute approximate surface area is 84.6 Å². The molecule has 0 fully saturated rings. The fourth-order valence-corrected chi connectivity index (χ4v) is 1.46. The highest BCUT2D eigenvalue weighted by atomic mass is 16.5. The van der Waals surface area contributed by atoms with Crippen LogP contribution in [0.3, 0.4) is 0 Å². The Hall–Kier alpha value is -1.22. The van der Waals surface area contributed by atoms with Crippen LogP contribution >= 0.6 is 0 Å². The van der Waals surface area contributed by atoms with E-state index in [2.05, 4.69) is 0 Å². The van der Waals surface area contributed by atoms with Gasteiger partial charge in [0.2, 0.25) is 0 Å². The molecule has 0 N–H and O–H groups in total. The zero-order chi connectivity index (χ0) is 10.6. The molecule has 1 rings (SSSR count). The Balaban J connectivity index is 3.17. The fraction of sp³-hybridized carbons (Fsp3) is 0.455. The Bertz CT molecular complexity index is 308. The summed E-state index contributed by atoms with van der Waals surface area (Å²) in [5, 5.41) is 0. The van der Waals surface area contributed by atoms with Crippen molar-refractivity contribution in [3.63, 3.8) is 0 Å². The number of aryl methyl sites for hydroxylation is 1. The van der Waals surface area contributed by atoms with Crippen molar-refractivity contribution >= 4 is 0 Å². The van der Waals surface area contributed by atoms with Gasteiger partial charge in [0.25, 0.3) is 0 Å². The molecule has 1 aromatic rings. The van der Waals surface area contributed by atoms with Gasteiger partial charge in [0.1, 0.15) is 0 Å². The molecule has 0 heterocycles. The summed E-state index contributed by atoms with van der Waals surface area (Å²) in [6.07, 6.45) is 0. The highest BCUT2D eigenvalue weighted by molar-refractivity contribution is 5.49. The molecule has 3 nitrogen and oxygen atoms in total. The summed E-state index contributed by atoms with van der Waals surface area (Å²) in [5.41, 5.74) is 2.14. The molecule has 0 radical (unpaired) electrons. The molecule has 0 aromatic heterocycles. The lowest BCUT2D eigenvalue weighted by Crippen LogP contribution is -1.98. The van der Waals surface area contributed by atoms with Crippen LogP contribution in [-0.4, -0.2) is 21.3 Å². The normalized spacial score (nSPS) is 10.0. The van der Waals surface area contributed by atoms with Crippen LogP contribution < -0.4 is 9.47 Å². The first-order chi connectivity index (χ1) is 6.72. The van der Waals surface area contributed by atoms with Gasteiger partial charge in [-0.2, -0.15) is 0 Å². The van der Waals surface area contributed by atoms with Gasteiger partial charge in [-0.25, -0.2) is 0 Å². The third kappa shape index (κ3) is 2.17. The van der Waals surface area contributed by atoms with Gasteiger partial charge in [-0.3, -0.25) is 0 Å². The molecule has 0 aliphatic carbocycles. The first kappa shape index (κ1) is 10.9. The van der Waals surface area contributed by atoms with E-state index in [-0.39, 0.29) is 0 Å². The van der Waals surface area contributed by atoms with Crippen LogP contribution in [0.25, 0.3) is 0 Å². The third-order valence-corrected chi connectivity index (χ3v) is 2.00. The lowest BCUT2D eigenvalue weighted by atomic mass is 10.1. The molecule has 0 atom stereocenters. The second-order valence-corrected chi connectivity index (χ2v) is 3.09. The second kappa shape index (κ2) is 4.86. The zero-order valence-electron chi connectivity index (χ0n) is 9.09. The summed E-state index contributed by atoms with van der Waals surface area (Å²) in [4.78, 5) is 0. The van der Waals surface area contributed by atoms with Gasteiger partial charge < -0.3 is 14.2 Å². The molecular weight excluding hydrogens is 180 g/mol. The van der Waals surface area contributed by atoms with Gasteiger partial charge >= 0.3 is 0 Å². The SMILES string of the molecule is COCc1cc(C)cc(OC)c1OC. The first-order valence-corrected chi connectivity index (χ1v) is 4.43. The number of benzene rings is 1. The summed E-state index contributed by atoms with van der Waals surface area (Å²) in [6, 6.07) is 3.98. The molecular formula is C11H16O3. The minimum Gasteiger partial charge on any atom is -0.493 e. The van der Waals surface area contributed by atoms with Crippen molar-refractivity contribution in [2.45, 2.75) is 13.5 Å². The molecule has 14 heavy (non-hydrogen) atoms. The van der Waals surface area contributed by atoms with Gasteiger partial charge in [-0.1, -0.05) is 0 Å². The number of rotatable bonds is 4. The Kier molecular flexibility index (Phi) is 3.77. The van der Waals surface area contributed by atoms with E-state index in [1.54, 1.807) is 21.3 Å². The smallest absolute Gasteiger partial charge is 0.166 e. The van der Waals surface area contributed by atoms with Crippen LogP contribution in [0, 0.1) is 6.92 Å². The number of hydrogen-bond donors (Lipinski definition) is 0. The number of hydrogen-bond acceptors (Lipinski definition) is 3. The van der Waals surface area contributed by atoms with Gasteiger partial charge in [0, 0.05) is 12.7 Å². The molecule has 78 valence electrons. The van der Waals surface area contributed by atoms with Crippen molar-refractivity contribution in [3.8, 4) is 11.5 Å². The highest BCUT2D eigenvalue weighted by Gasteiger charge is 2.10. The van der Waals surface area contributed by atoms with Crippen LogP contribution in [0.1, 0.15) is 11.1 Å². The van der Waals surface area contributed by atoms with E-state index >= 15 is 0 Å². The van der Waals surface area contributed by atoms with E-state index in [9.17, 15) is 0 Å². The largest absolute Gasteiger partial charge is 0.493 e. The molecule has 0 spiro atoms. The zero-order valence-corrected chi connectivity index (χ0v) is 9.09. The minimum atomic E-state index is 0.529. The quantitative estimate of drug-likeness (QED) is 0.738. The maximum absolute atomic E-state index is 5.27. The monoisotopic (exact) mass is 196 g/mol. The van der Waals surface area contributed by atoms with Gasteiger partial charge in [-0.15, -0.1) is 0 Å². The molecule has 0 aliphatic rings. The summed E-state index contributed by atoms with van der Waals surface area (Å²) < 4.78 is 15.6. The van der Waals surface area contributed by atoms with Crippen LogP contribution in [0.5, 0.6) is 11.5 Å². The van der Waals surface area contributed by atoms with Crippen molar-refractivity contribution in [2.24, 2.45) is 0 Å². The molecule has 0 amide bonds. The predicted molar refractivity (Wildman–Crippen MR) is 55.0 cm³/mol. The molecule has 1 aromatic carbocycles. The number of methoxy groups -OCH3 is 3. The van der Waals surface area contributed by atoms with E-state index in [4.69, 9.17) is 14.2 Å². The van der Waals surface area contributed by atoms with Crippen LogP contribution in [0.15, 0.2) is 12.1 Å². The second-order valence-electron chi connectivity index (χ2n) is 3.09. The maximum Gasteiger partial charge on any atom is 0.166 e. The van der Waals surface area contributed by atoms with Crippen molar-refractivity contribution in [3.05, 3.63) is 23.3 Å². The summed E-state index contributed by atoms with van der Waals surface area (Å²) >= 11 is 0. The van der Waals surface area contributed by atoms with Crippen molar-refractivity contribution < 1.29 is 14.2 Å². The standard InChI is InChI=1S/C11H16O3/c1-8-5-9(7-12-2)11(14-4)10(6-8)13-3/h5-6H,7H2,1-4H3. The van der Waals surface area contributed by atoms with Crippen molar-refractivity contribution in [1.82, 2.24) is 0 Å². The topological polar surface area (TPSA) is 27.7 Å². The van der Waals surface area contributed by atoms with E-state index < -0.39 is 0 Å². The Morgan fingerprint density at radius 2 is 1.79 bits per heavy atom. The van der Waals surface area contributed by atoms with E-state index in [0.29, 0.717) is 6.61 Å². The third-order valence-electron chi connectivity index (χ3n) is 2.00. The first-order valence-electron chi connectivity index (χ1n) is 4.43. The maximum atomic E-state index is 5.27. The van der Waals surface area contributed by atoms with Crippen molar-refractivity contribution in [2.75, 3.05) is 21.3 Å². The lowest BCUT2D eigenvalue weighted by molar-refractivity contribution is 0.180. The fourth-order valence-electron chi connectivity index (χ4n) is 1.46. The van der Waals surface area contributed by atoms with Gasteiger partial charge in [0.05, 0.1) is 20.8 Å². The highest BCUT2D eigenvalue weighted by Crippen LogP contribution is 2.32. The molecule has 0 saturated heterocycles. The number of ether oxygens (including phenoxy) is 3.